The number of likely N-dealkylation sites (tertiary alicyclic amines) is 1. The molecule has 0 saturated carbocycles. The molecule has 0 spiro atoms. The van der Waals surface area contributed by atoms with Gasteiger partial charge in [-0.2, -0.15) is 13.2 Å². The molecule has 0 aliphatic carbocycles. The molecule has 3 rings (SSSR count). The Bertz CT molecular complexity index is 781. The van der Waals surface area contributed by atoms with Crippen LogP contribution in [0.5, 0.6) is 5.75 Å². The SMILES string of the molecule is COc1cc(B2OC(C)(C)C(C)(C)O2)ccc1CC(=O)N1CCCC(C(F)(F)F)C1. The number of nitrogens with zero attached hydrogens (tertiary/aromatic N) is 1. The fourth-order valence-electron chi connectivity index (χ4n) is 3.78. The van der Waals surface area contributed by atoms with Gasteiger partial charge in [-0.05, 0) is 52.1 Å². The van der Waals surface area contributed by atoms with Crippen LogP contribution in [0, 0.1) is 5.92 Å². The van der Waals surface area contributed by atoms with Crippen molar-refractivity contribution in [3.63, 3.8) is 0 Å². The van der Waals surface area contributed by atoms with Gasteiger partial charge in [0.2, 0.25) is 5.91 Å². The first-order valence-electron chi connectivity index (χ1n) is 10.2. The van der Waals surface area contributed by atoms with E-state index in [0.29, 0.717) is 24.3 Å². The molecule has 166 valence electrons. The third-order valence-electron chi connectivity index (χ3n) is 6.42. The molecule has 2 aliphatic heterocycles. The topological polar surface area (TPSA) is 48.0 Å². The number of methoxy groups -OCH3 is 1. The quantitative estimate of drug-likeness (QED) is 0.692. The molecule has 9 heteroatoms. The molecule has 0 N–H and O–H groups in total. The lowest BCUT2D eigenvalue weighted by molar-refractivity contribution is -0.187. The second-order valence-electron chi connectivity index (χ2n) is 9.06. The largest absolute Gasteiger partial charge is 0.496 e. The van der Waals surface area contributed by atoms with Crippen molar-refractivity contribution in [2.24, 2.45) is 5.92 Å². The molecular formula is C21H29BF3NO4. The van der Waals surface area contributed by atoms with Crippen LogP contribution in [0.2, 0.25) is 0 Å². The number of hydrogen-bond acceptors (Lipinski definition) is 4. The normalized spacial score (nSPS) is 23.5. The summed E-state index contributed by atoms with van der Waals surface area (Å²) in [6.45, 7) is 7.92. The summed E-state index contributed by atoms with van der Waals surface area (Å²) >= 11 is 0. The van der Waals surface area contributed by atoms with Crippen LogP contribution >= 0.6 is 0 Å². The number of piperidine rings is 1. The van der Waals surface area contributed by atoms with Crippen LogP contribution < -0.4 is 10.2 Å². The van der Waals surface area contributed by atoms with Gasteiger partial charge in [-0.3, -0.25) is 4.79 Å². The summed E-state index contributed by atoms with van der Waals surface area (Å²) in [5, 5.41) is 0. The zero-order valence-corrected chi connectivity index (χ0v) is 18.1. The van der Waals surface area contributed by atoms with Crippen molar-refractivity contribution < 1.29 is 32.0 Å². The van der Waals surface area contributed by atoms with Crippen LogP contribution in [0.1, 0.15) is 46.1 Å². The predicted octanol–water partition coefficient (Wildman–Crippen LogP) is 3.34. The van der Waals surface area contributed by atoms with Gasteiger partial charge in [0.1, 0.15) is 5.75 Å². The zero-order chi connectivity index (χ0) is 22.3. The van der Waals surface area contributed by atoms with Crippen LogP contribution in [-0.2, 0) is 20.5 Å². The highest BCUT2D eigenvalue weighted by atomic mass is 19.4. The molecule has 1 aromatic rings. The number of carbonyl (C=O) groups is 1. The van der Waals surface area contributed by atoms with Crippen LogP contribution in [0.15, 0.2) is 18.2 Å². The van der Waals surface area contributed by atoms with E-state index in [1.165, 1.54) is 12.0 Å². The van der Waals surface area contributed by atoms with E-state index in [1.807, 2.05) is 33.8 Å². The Kier molecular flexibility index (Phi) is 6.17. The third-order valence-corrected chi connectivity index (χ3v) is 6.42. The monoisotopic (exact) mass is 427 g/mol. The minimum atomic E-state index is -4.28. The van der Waals surface area contributed by atoms with Gasteiger partial charge in [0.05, 0.1) is 30.7 Å². The molecule has 2 saturated heterocycles. The van der Waals surface area contributed by atoms with Crippen molar-refractivity contribution in [3.8, 4) is 5.75 Å². The third kappa shape index (κ3) is 4.62. The second kappa shape index (κ2) is 8.07. The highest BCUT2D eigenvalue weighted by Crippen LogP contribution is 2.37. The standard InChI is InChI=1S/C21H29BF3NO4/c1-19(2)20(3,4)30-22(29-19)16-9-8-14(17(12-16)28-5)11-18(27)26-10-6-7-15(13-26)21(23,24)25/h8-9,12,15H,6-7,10-11,13H2,1-5H3. The van der Waals surface area contributed by atoms with E-state index in [-0.39, 0.29) is 25.3 Å². The second-order valence-corrected chi connectivity index (χ2v) is 9.06. The fourth-order valence-corrected chi connectivity index (χ4v) is 3.78. The summed E-state index contributed by atoms with van der Waals surface area (Å²) < 4.78 is 56.7. The lowest BCUT2D eigenvalue weighted by Crippen LogP contribution is -2.45. The molecule has 1 atom stereocenters. The van der Waals surface area contributed by atoms with E-state index in [0.717, 1.165) is 5.46 Å². The maximum atomic E-state index is 13.0. The van der Waals surface area contributed by atoms with Crippen LogP contribution in [0.3, 0.4) is 0 Å². The predicted molar refractivity (Wildman–Crippen MR) is 108 cm³/mol. The Morgan fingerprint density at radius 2 is 1.87 bits per heavy atom. The molecule has 2 fully saturated rings. The van der Waals surface area contributed by atoms with E-state index in [4.69, 9.17) is 14.0 Å². The first kappa shape index (κ1) is 22.9. The molecule has 1 aromatic carbocycles. The molecule has 2 heterocycles. The number of amides is 1. The minimum Gasteiger partial charge on any atom is -0.496 e. The summed E-state index contributed by atoms with van der Waals surface area (Å²) in [4.78, 5) is 14.0. The maximum absolute atomic E-state index is 13.0. The van der Waals surface area contributed by atoms with Crippen molar-refractivity contribution in [2.45, 2.75) is 64.3 Å². The maximum Gasteiger partial charge on any atom is 0.494 e. The van der Waals surface area contributed by atoms with Crippen LogP contribution in [-0.4, -0.2) is 55.5 Å². The highest BCUT2D eigenvalue weighted by molar-refractivity contribution is 6.62. The molecule has 0 radical (unpaired) electrons. The average Bonchev–Trinajstić information content (AvgIpc) is 2.88. The van der Waals surface area contributed by atoms with Gasteiger partial charge in [-0.15, -0.1) is 0 Å². The number of benzene rings is 1. The fraction of sp³-hybridized carbons (Fsp3) is 0.667. The van der Waals surface area contributed by atoms with E-state index >= 15 is 0 Å². The molecule has 0 aromatic heterocycles. The van der Waals surface area contributed by atoms with Crippen molar-refractivity contribution >= 4 is 18.5 Å². The summed E-state index contributed by atoms with van der Waals surface area (Å²) in [5.41, 5.74) is 0.416. The van der Waals surface area contributed by atoms with Crippen molar-refractivity contribution in [3.05, 3.63) is 23.8 Å². The van der Waals surface area contributed by atoms with Gasteiger partial charge in [-0.1, -0.05) is 12.1 Å². The van der Waals surface area contributed by atoms with Gasteiger partial charge < -0.3 is 18.9 Å². The zero-order valence-electron chi connectivity index (χ0n) is 18.1. The van der Waals surface area contributed by atoms with Crippen molar-refractivity contribution in [1.29, 1.82) is 0 Å². The summed E-state index contributed by atoms with van der Waals surface area (Å²) in [7, 11) is 0.932. The van der Waals surface area contributed by atoms with E-state index in [2.05, 4.69) is 0 Å². The van der Waals surface area contributed by atoms with Gasteiger partial charge in [0.15, 0.2) is 0 Å². The number of halogens is 3. The molecular weight excluding hydrogens is 398 g/mol. The number of alkyl halides is 3. The van der Waals surface area contributed by atoms with Crippen molar-refractivity contribution in [1.82, 2.24) is 4.90 Å². The smallest absolute Gasteiger partial charge is 0.494 e. The van der Waals surface area contributed by atoms with Crippen LogP contribution in [0.4, 0.5) is 13.2 Å². The molecule has 2 aliphatic rings. The lowest BCUT2D eigenvalue weighted by atomic mass is 9.78. The summed E-state index contributed by atoms with van der Waals surface area (Å²) in [5.74, 6) is -1.30. The van der Waals surface area contributed by atoms with E-state index in [1.54, 1.807) is 12.1 Å². The van der Waals surface area contributed by atoms with Gasteiger partial charge in [0, 0.05) is 18.7 Å². The minimum absolute atomic E-state index is 0.0165. The van der Waals surface area contributed by atoms with E-state index in [9.17, 15) is 18.0 Å². The Morgan fingerprint density at radius 3 is 2.43 bits per heavy atom. The highest BCUT2D eigenvalue weighted by Gasteiger charge is 2.51. The lowest BCUT2D eigenvalue weighted by Gasteiger charge is -2.34. The summed E-state index contributed by atoms with van der Waals surface area (Å²) in [6, 6.07) is 5.32. The van der Waals surface area contributed by atoms with Crippen molar-refractivity contribution in [2.75, 3.05) is 20.2 Å². The number of carbonyl (C=O) groups excluding carboxylic acids is 1. The molecule has 1 amide bonds. The number of rotatable bonds is 4. The number of hydrogen-bond donors (Lipinski definition) is 0. The van der Waals surface area contributed by atoms with Gasteiger partial charge in [-0.25, -0.2) is 0 Å². The Balaban J connectivity index is 1.72. The first-order chi connectivity index (χ1) is 13.8. The average molecular weight is 427 g/mol. The molecule has 30 heavy (non-hydrogen) atoms. The Morgan fingerprint density at radius 1 is 1.23 bits per heavy atom. The summed E-state index contributed by atoms with van der Waals surface area (Å²) in [6.07, 6.45) is -3.87. The molecule has 5 nitrogen and oxygen atoms in total. The van der Waals surface area contributed by atoms with Gasteiger partial charge in [0.25, 0.3) is 0 Å². The Labute approximate surface area is 176 Å². The Hall–Kier alpha value is -1.74. The van der Waals surface area contributed by atoms with E-state index < -0.39 is 30.4 Å². The van der Waals surface area contributed by atoms with Crippen LogP contribution in [0.25, 0.3) is 0 Å². The molecule has 0 bridgehead atoms. The first-order valence-corrected chi connectivity index (χ1v) is 10.2. The van der Waals surface area contributed by atoms with Gasteiger partial charge >= 0.3 is 13.3 Å². The number of ether oxygens (including phenoxy) is 1. The molecule has 1 unspecified atom stereocenters.